The van der Waals surface area contributed by atoms with Crippen LogP contribution in [-0.4, -0.2) is 39.5 Å². The number of halogens is 2. The number of carboxylic acids is 1. The average Bonchev–Trinajstić information content (AvgIpc) is 2.76. The van der Waals surface area contributed by atoms with Gasteiger partial charge in [-0.3, -0.25) is 9.59 Å². The maximum Gasteiger partial charge on any atom is 0.303 e. The molecule has 0 aliphatic carbocycles. The molecule has 0 radical (unpaired) electrons. The maximum atomic E-state index is 12.5. The molecule has 2 rings (SSSR count). The lowest BCUT2D eigenvalue weighted by Crippen LogP contribution is -2.44. The quantitative estimate of drug-likeness (QED) is 0.895. The van der Waals surface area contributed by atoms with Gasteiger partial charge in [0.2, 0.25) is 0 Å². The summed E-state index contributed by atoms with van der Waals surface area (Å²) in [7, 11) is 0. The van der Waals surface area contributed by atoms with Crippen LogP contribution in [-0.2, 0) is 4.79 Å². The second-order valence-corrected chi connectivity index (χ2v) is 5.71. The highest BCUT2D eigenvalue weighted by molar-refractivity contribution is 6.41. The molecule has 110 valence electrons. The smallest absolute Gasteiger partial charge is 0.303 e. The minimum absolute atomic E-state index is 0.0341. The van der Waals surface area contributed by atoms with Crippen molar-refractivity contribution in [2.45, 2.75) is 38.1 Å². The van der Waals surface area contributed by atoms with Crippen LogP contribution in [0.25, 0.3) is 0 Å². The Morgan fingerprint density at radius 1 is 1.40 bits per heavy atom. The highest BCUT2D eigenvalue weighted by atomic mass is 35.5. The molecule has 1 atom stereocenters. The summed E-state index contributed by atoms with van der Waals surface area (Å²) in [6.07, 6.45) is 3.32. The Balaban J connectivity index is 2.10. The van der Waals surface area contributed by atoms with Crippen LogP contribution < -0.4 is 0 Å². The normalized spacial score (nSPS) is 19.1. The lowest BCUT2D eigenvalue weighted by Gasteiger charge is -2.35. The number of carbonyl (C=O) groups is 2. The highest BCUT2D eigenvalue weighted by Gasteiger charge is 2.28. The summed E-state index contributed by atoms with van der Waals surface area (Å²) in [5.41, 5.74) is 0.349. The van der Waals surface area contributed by atoms with E-state index < -0.39 is 5.97 Å². The fourth-order valence-electron chi connectivity index (χ4n) is 2.53. The number of nitrogens with one attached hydrogen (secondary N) is 1. The van der Waals surface area contributed by atoms with Crippen LogP contribution >= 0.6 is 23.2 Å². The number of aliphatic carboxylic acids is 1. The predicted molar refractivity (Wildman–Crippen MR) is 76.4 cm³/mol. The SMILES string of the molecule is O=C(O)CC[C@@H]1CCCCN1C(=O)c1cc(Cl)c(Cl)[nH]1. The molecule has 0 spiro atoms. The highest BCUT2D eigenvalue weighted by Crippen LogP contribution is 2.26. The van der Waals surface area contributed by atoms with Gasteiger partial charge in [-0.1, -0.05) is 23.2 Å². The Bertz CT molecular complexity index is 496. The van der Waals surface area contributed by atoms with Gasteiger partial charge in [0.25, 0.3) is 5.91 Å². The van der Waals surface area contributed by atoms with Gasteiger partial charge in [-0.2, -0.15) is 0 Å². The molecule has 1 aromatic heterocycles. The van der Waals surface area contributed by atoms with E-state index in [0.29, 0.717) is 23.7 Å². The molecule has 2 heterocycles. The van der Waals surface area contributed by atoms with Gasteiger partial charge in [0.1, 0.15) is 10.8 Å². The van der Waals surface area contributed by atoms with E-state index in [4.69, 9.17) is 28.3 Å². The van der Waals surface area contributed by atoms with Crippen LogP contribution in [0.1, 0.15) is 42.6 Å². The van der Waals surface area contributed by atoms with Crippen molar-refractivity contribution in [1.82, 2.24) is 9.88 Å². The zero-order chi connectivity index (χ0) is 14.7. The van der Waals surface area contributed by atoms with Gasteiger partial charge in [0, 0.05) is 19.0 Å². The molecule has 1 saturated heterocycles. The Morgan fingerprint density at radius 3 is 2.75 bits per heavy atom. The first kappa shape index (κ1) is 15.2. The van der Waals surface area contributed by atoms with E-state index in [9.17, 15) is 9.59 Å². The molecular formula is C13H16Cl2N2O3. The first-order chi connectivity index (χ1) is 9.49. The summed E-state index contributed by atoms with van der Waals surface area (Å²) in [5.74, 6) is -1.01. The summed E-state index contributed by atoms with van der Waals surface area (Å²) in [5, 5.41) is 9.34. The van der Waals surface area contributed by atoms with E-state index in [0.717, 1.165) is 19.3 Å². The zero-order valence-electron chi connectivity index (χ0n) is 10.9. The van der Waals surface area contributed by atoms with Crippen molar-refractivity contribution in [2.75, 3.05) is 6.54 Å². The van der Waals surface area contributed by atoms with Crippen LogP contribution in [0.5, 0.6) is 0 Å². The first-order valence-corrected chi connectivity index (χ1v) is 7.31. The number of hydrogen-bond acceptors (Lipinski definition) is 2. The molecule has 5 nitrogen and oxygen atoms in total. The number of aromatic amines is 1. The zero-order valence-corrected chi connectivity index (χ0v) is 12.4. The van der Waals surface area contributed by atoms with Crippen molar-refractivity contribution >= 4 is 35.1 Å². The van der Waals surface area contributed by atoms with Gasteiger partial charge in [0.05, 0.1) is 5.02 Å². The minimum Gasteiger partial charge on any atom is -0.481 e. The molecule has 1 aliphatic heterocycles. The van der Waals surface area contributed by atoms with Gasteiger partial charge < -0.3 is 15.0 Å². The van der Waals surface area contributed by atoms with Gasteiger partial charge >= 0.3 is 5.97 Å². The molecule has 20 heavy (non-hydrogen) atoms. The standard InChI is InChI=1S/C13H16Cl2N2O3/c14-9-7-10(16-12(9)15)13(20)17-6-2-1-3-8(17)4-5-11(18)19/h7-8,16H,1-6H2,(H,18,19)/t8-/m0/s1. The van der Waals surface area contributed by atoms with E-state index in [1.54, 1.807) is 4.90 Å². The van der Waals surface area contributed by atoms with Crippen LogP contribution in [0.2, 0.25) is 10.2 Å². The van der Waals surface area contributed by atoms with Gasteiger partial charge in [-0.05, 0) is 31.7 Å². The molecule has 2 N–H and O–H groups in total. The van der Waals surface area contributed by atoms with Crippen LogP contribution in [0.15, 0.2) is 6.07 Å². The molecule has 1 fully saturated rings. The maximum absolute atomic E-state index is 12.5. The Kier molecular flexibility index (Phi) is 4.94. The fraction of sp³-hybridized carbons (Fsp3) is 0.538. The average molecular weight is 319 g/mol. The number of amides is 1. The summed E-state index contributed by atoms with van der Waals surface area (Å²) in [4.78, 5) is 27.6. The number of likely N-dealkylation sites (tertiary alicyclic amines) is 1. The number of piperidine rings is 1. The summed E-state index contributed by atoms with van der Waals surface area (Å²) >= 11 is 11.7. The molecule has 1 aromatic rings. The number of hydrogen-bond donors (Lipinski definition) is 2. The molecule has 0 unspecified atom stereocenters. The van der Waals surface area contributed by atoms with Crippen molar-refractivity contribution in [2.24, 2.45) is 0 Å². The Labute approximate surface area is 126 Å². The molecule has 0 saturated carbocycles. The predicted octanol–water partition coefficient (Wildman–Crippen LogP) is 3.18. The van der Waals surface area contributed by atoms with Crippen molar-refractivity contribution < 1.29 is 14.7 Å². The van der Waals surface area contributed by atoms with E-state index in [-0.39, 0.29) is 23.5 Å². The number of carboxylic acid groups (broad SMARTS) is 1. The number of H-pyrrole nitrogens is 1. The monoisotopic (exact) mass is 318 g/mol. The van der Waals surface area contributed by atoms with Crippen molar-refractivity contribution in [3.05, 3.63) is 21.9 Å². The third kappa shape index (κ3) is 3.46. The van der Waals surface area contributed by atoms with E-state index >= 15 is 0 Å². The summed E-state index contributed by atoms with van der Waals surface area (Å²) in [6.45, 7) is 0.636. The van der Waals surface area contributed by atoms with Crippen LogP contribution in [0.4, 0.5) is 0 Å². The first-order valence-electron chi connectivity index (χ1n) is 6.56. The molecule has 0 aromatic carbocycles. The molecule has 0 bridgehead atoms. The van der Waals surface area contributed by atoms with Gasteiger partial charge in [-0.15, -0.1) is 0 Å². The van der Waals surface area contributed by atoms with Crippen LogP contribution in [0, 0.1) is 0 Å². The molecule has 7 heteroatoms. The Morgan fingerprint density at radius 2 is 2.15 bits per heavy atom. The van der Waals surface area contributed by atoms with Crippen molar-refractivity contribution in [3.63, 3.8) is 0 Å². The second kappa shape index (κ2) is 6.50. The van der Waals surface area contributed by atoms with E-state index in [1.807, 2.05) is 0 Å². The number of nitrogens with zero attached hydrogens (tertiary/aromatic N) is 1. The van der Waals surface area contributed by atoms with Gasteiger partial charge in [-0.25, -0.2) is 0 Å². The largest absolute Gasteiger partial charge is 0.481 e. The minimum atomic E-state index is -0.839. The second-order valence-electron chi connectivity index (χ2n) is 4.93. The number of rotatable bonds is 4. The summed E-state index contributed by atoms with van der Waals surface area (Å²) in [6, 6.07) is 1.47. The number of carbonyl (C=O) groups excluding carboxylic acids is 1. The fourth-order valence-corrected chi connectivity index (χ4v) is 2.84. The Hall–Kier alpha value is -1.20. The van der Waals surface area contributed by atoms with E-state index in [1.165, 1.54) is 6.07 Å². The van der Waals surface area contributed by atoms with Gasteiger partial charge in [0.15, 0.2) is 0 Å². The van der Waals surface area contributed by atoms with Crippen LogP contribution in [0.3, 0.4) is 0 Å². The topological polar surface area (TPSA) is 73.4 Å². The van der Waals surface area contributed by atoms with Crippen molar-refractivity contribution in [1.29, 1.82) is 0 Å². The summed E-state index contributed by atoms with van der Waals surface area (Å²) < 4.78 is 0. The lowest BCUT2D eigenvalue weighted by molar-refractivity contribution is -0.137. The van der Waals surface area contributed by atoms with E-state index in [2.05, 4.69) is 4.98 Å². The number of aromatic nitrogens is 1. The van der Waals surface area contributed by atoms with Crippen molar-refractivity contribution in [3.8, 4) is 0 Å². The third-order valence-corrected chi connectivity index (χ3v) is 4.23. The lowest BCUT2D eigenvalue weighted by atomic mass is 9.97. The molecule has 1 aliphatic rings. The molecule has 1 amide bonds. The third-order valence-electron chi connectivity index (χ3n) is 3.53. The molecular weight excluding hydrogens is 303 g/mol.